The molecule has 7 nitrogen and oxygen atoms in total. The molecular formula is C24H26N4O3. The van der Waals surface area contributed by atoms with Gasteiger partial charge in [0.15, 0.2) is 0 Å². The molecule has 0 saturated carbocycles. The van der Waals surface area contributed by atoms with Crippen molar-refractivity contribution in [1.29, 1.82) is 0 Å². The number of nitrogens with zero attached hydrogens (tertiary/aromatic N) is 3. The first-order valence-electron chi connectivity index (χ1n) is 10.6. The van der Waals surface area contributed by atoms with Crippen molar-refractivity contribution in [2.24, 2.45) is 0 Å². The molecule has 1 N–H and O–H groups in total. The highest BCUT2D eigenvalue weighted by Gasteiger charge is 2.23. The van der Waals surface area contributed by atoms with Crippen LogP contribution in [-0.4, -0.2) is 39.4 Å². The first kappa shape index (κ1) is 20.8. The number of benzene rings is 1. The van der Waals surface area contributed by atoms with Gasteiger partial charge in [0.05, 0.1) is 5.39 Å². The monoisotopic (exact) mass is 418 g/mol. The van der Waals surface area contributed by atoms with Crippen molar-refractivity contribution >= 4 is 28.5 Å². The number of pyridine rings is 2. The van der Waals surface area contributed by atoms with E-state index in [4.69, 9.17) is 0 Å². The van der Waals surface area contributed by atoms with Gasteiger partial charge < -0.3 is 14.8 Å². The summed E-state index contributed by atoms with van der Waals surface area (Å²) < 4.78 is 1.60. The molecule has 2 amide bonds. The van der Waals surface area contributed by atoms with Gasteiger partial charge in [0, 0.05) is 30.7 Å². The molecule has 3 aromatic rings. The Balaban J connectivity index is 1.71. The molecule has 3 heterocycles. The summed E-state index contributed by atoms with van der Waals surface area (Å²) in [5.74, 6) is -0.532. The van der Waals surface area contributed by atoms with Crippen LogP contribution >= 0.6 is 0 Å². The number of aryl methyl sites for hydroxylation is 2. The number of hydrogen-bond donors (Lipinski definition) is 1. The van der Waals surface area contributed by atoms with Crippen molar-refractivity contribution in [2.75, 3.05) is 18.4 Å². The van der Waals surface area contributed by atoms with Crippen molar-refractivity contribution in [1.82, 2.24) is 14.5 Å². The Bertz CT molecular complexity index is 1210. The van der Waals surface area contributed by atoms with Gasteiger partial charge >= 0.3 is 0 Å². The lowest BCUT2D eigenvalue weighted by molar-refractivity contribution is -0.116. The highest BCUT2D eigenvalue weighted by molar-refractivity contribution is 5.97. The number of likely N-dealkylation sites (tertiary alicyclic amines) is 1. The summed E-state index contributed by atoms with van der Waals surface area (Å²) in [6.07, 6.45) is 4.46. The third-order valence-electron chi connectivity index (χ3n) is 5.55. The number of aromatic nitrogens is 2. The van der Waals surface area contributed by atoms with E-state index in [1.54, 1.807) is 21.6 Å². The maximum atomic E-state index is 13.1. The molecule has 31 heavy (non-hydrogen) atoms. The molecule has 160 valence electrons. The molecule has 1 aliphatic rings. The van der Waals surface area contributed by atoms with E-state index in [9.17, 15) is 14.4 Å². The van der Waals surface area contributed by atoms with E-state index in [-0.39, 0.29) is 29.4 Å². The summed E-state index contributed by atoms with van der Waals surface area (Å²) in [6, 6.07) is 11.0. The molecule has 2 aromatic heterocycles. The Kier molecular flexibility index (Phi) is 5.84. The van der Waals surface area contributed by atoms with Crippen LogP contribution in [0.25, 0.3) is 11.0 Å². The summed E-state index contributed by atoms with van der Waals surface area (Å²) >= 11 is 0. The molecule has 0 radical (unpaired) electrons. The van der Waals surface area contributed by atoms with Gasteiger partial charge in [-0.15, -0.1) is 0 Å². The number of anilines is 1. The van der Waals surface area contributed by atoms with Gasteiger partial charge in [-0.25, -0.2) is 4.98 Å². The maximum Gasteiger partial charge on any atom is 0.259 e. The molecule has 1 saturated heterocycles. The number of carbonyl (C=O) groups is 2. The molecule has 1 fully saturated rings. The Morgan fingerprint density at radius 2 is 1.84 bits per heavy atom. The second-order valence-corrected chi connectivity index (χ2v) is 8.09. The van der Waals surface area contributed by atoms with Crippen LogP contribution < -0.4 is 10.7 Å². The smallest absolute Gasteiger partial charge is 0.259 e. The van der Waals surface area contributed by atoms with E-state index in [0.29, 0.717) is 29.8 Å². The summed E-state index contributed by atoms with van der Waals surface area (Å²) in [7, 11) is 0. The molecule has 0 unspecified atom stereocenters. The third kappa shape index (κ3) is 4.50. The van der Waals surface area contributed by atoms with E-state index in [1.165, 1.54) is 6.20 Å². The van der Waals surface area contributed by atoms with Gasteiger partial charge in [0.25, 0.3) is 5.91 Å². The third-order valence-corrected chi connectivity index (χ3v) is 5.55. The van der Waals surface area contributed by atoms with Gasteiger partial charge in [0.2, 0.25) is 11.3 Å². The molecule has 0 spiro atoms. The number of carbonyl (C=O) groups excluding carboxylic acids is 2. The molecule has 0 aliphatic carbocycles. The van der Waals surface area contributed by atoms with E-state index < -0.39 is 0 Å². The largest absolute Gasteiger partial charge is 0.338 e. The minimum atomic E-state index is -0.339. The van der Waals surface area contributed by atoms with Crippen LogP contribution in [0.4, 0.5) is 5.69 Å². The van der Waals surface area contributed by atoms with Crippen LogP contribution in [0.2, 0.25) is 0 Å². The molecular weight excluding hydrogens is 392 g/mol. The van der Waals surface area contributed by atoms with E-state index in [0.717, 1.165) is 30.5 Å². The van der Waals surface area contributed by atoms with Crippen LogP contribution in [0, 0.1) is 13.8 Å². The molecule has 4 rings (SSSR count). The Morgan fingerprint density at radius 3 is 2.58 bits per heavy atom. The van der Waals surface area contributed by atoms with Crippen molar-refractivity contribution < 1.29 is 9.59 Å². The second kappa shape index (κ2) is 8.71. The molecule has 7 heteroatoms. The summed E-state index contributed by atoms with van der Waals surface area (Å²) in [5, 5.41) is 3.22. The average molecular weight is 418 g/mol. The van der Waals surface area contributed by atoms with Gasteiger partial charge in [-0.2, -0.15) is 0 Å². The van der Waals surface area contributed by atoms with Crippen molar-refractivity contribution in [3.8, 4) is 0 Å². The molecule has 1 aromatic carbocycles. The van der Waals surface area contributed by atoms with Gasteiger partial charge in [0.1, 0.15) is 17.8 Å². The van der Waals surface area contributed by atoms with Gasteiger partial charge in [-0.3, -0.25) is 14.4 Å². The Hall–Kier alpha value is -3.48. The summed E-state index contributed by atoms with van der Waals surface area (Å²) in [5.41, 5.74) is 2.62. The zero-order valence-corrected chi connectivity index (χ0v) is 17.9. The minimum Gasteiger partial charge on any atom is -0.338 e. The lowest BCUT2D eigenvalue weighted by Gasteiger charge is -2.26. The van der Waals surface area contributed by atoms with Crippen molar-refractivity contribution in [2.45, 2.75) is 39.7 Å². The highest BCUT2D eigenvalue weighted by Crippen LogP contribution is 2.16. The number of amides is 2. The Labute approximate surface area is 180 Å². The summed E-state index contributed by atoms with van der Waals surface area (Å²) in [4.78, 5) is 45.1. The van der Waals surface area contributed by atoms with Crippen molar-refractivity contribution in [3.63, 3.8) is 0 Å². The number of fused-ring (bicyclic) bond motifs is 1. The predicted octanol–water partition coefficient (Wildman–Crippen LogP) is 3.28. The van der Waals surface area contributed by atoms with Crippen LogP contribution in [0.3, 0.4) is 0 Å². The SMILES string of the molecule is Cc1cccc(NC(=O)Cn2cc(C(=O)N3CCCCC3)c(=O)c3ccc(C)nc32)c1. The van der Waals surface area contributed by atoms with E-state index in [1.807, 2.05) is 38.1 Å². The molecule has 0 atom stereocenters. The fourth-order valence-corrected chi connectivity index (χ4v) is 3.98. The van der Waals surface area contributed by atoms with Crippen LogP contribution in [0.1, 0.15) is 40.9 Å². The number of nitrogens with one attached hydrogen (secondary N) is 1. The summed E-state index contributed by atoms with van der Waals surface area (Å²) in [6.45, 7) is 5.03. The maximum absolute atomic E-state index is 13.1. The van der Waals surface area contributed by atoms with Crippen LogP contribution in [-0.2, 0) is 11.3 Å². The second-order valence-electron chi connectivity index (χ2n) is 8.09. The van der Waals surface area contributed by atoms with E-state index >= 15 is 0 Å². The first-order chi connectivity index (χ1) is 14.9. The first-order valence-corrected chi connectivity index (χ1v) is 10.6. The Morgan fingerprint density at radius 1 is 1.06 bits per heavy atom. The molecule has 0 bridgehead atoms. The number of hydrogen-bond acceptors (Lipinski definition) is 4. The number of piperidine rings is 1. The minimum absolute atomic E-state index is 0.0541. The fourth-order valence-electron chi connectivity index (χ4n) is 3.98. The van der Waals surface area contributed by atoms with E-state index in [2.05, 4.69) is 10.3 Å². The lowest BCUT2D eigenvalue weighted by Crippen LogP contribution is -2.38. The van der Waals surface area contributed by atoms with Crippen LogP contribution in [0.15, 0.2) is 47.4 Å². The van der Waals surface area contributed by atoms with Crippen LogP contribution in [0.5, 0.6) is 0 Å². The van der Waals surface area contributed by atoms with Crippen molar-refractivity contribution in [3.05, 3.63) is 69.6 Å². The van der Waals surface area contributed by atoms with Gasteiger partial charge in [-0.05, 0) is 62.9 Å². The van der Waals surface area contributed by atoms with Gasteiger partial charge in [-0.1, -0.05) is 12.1 Å². The topological polar surface area (TPSA) is 84.3 Å². The fraction of sp³-hybridized carbons (Fsp3) is 0.333. The zero-order chi connectivity index (χ0) is 22.0. The highest BCUT2D eigenvalue weighted by atomic mass is 16.2. The standard InChI is InChI=1S/C24H26N4O3/c1-16-7-6-8-18(13-16)26-21(29)15-28-14-20(24(31)27-11-4-3-5-12-27)22(30)19-10-9-17(2)25-23(19)28/h6-10,13-14H,3-5,11-12,15H2,1-2H3,(H,26,29). The predicted molar refractivity (Wildman–Crippen MR) is 120 cm³/mol. The molecule has 1 aliphatic heterocycles. The normalized spacial score (nSPS) is 13.9. The quantitative estimate of drug-likeness (QED) is 0.705. The average Bonchev–Trinajstić information content (AvgIpc) is 2.75. The lowest BCUT2D eigenvalue weighted by atomic mass is 10.1. The zero-order valence-electron chi connectivity index (χ0n) is 17.9. The number of rotatable bonds is 4.